The molecule has 0 fully saturated rings. The lowest BCUT2D eigenvalue weighted by atomic mass is 9.98. The molecule has 7 heteroatoms. The molecule has 0 bridgehead atoms. The number of rotatable bonds is 6. The van der Waals surface area contributed by atoms with Crippen molar-refractivity contribution in [3.63, 3.8) is 0 Å². The molecule has 1 unspecified atom stereocenters. The third-order valence-corrected chi connectivity index (χ3v) is 5.96. The van der Waals surface area contributed by atoms with Crippen molar-refractivity contribution in [2.75, 3.05) is 18.1 Å². The Morgan fingerprint density at radius 2 is 1.89 bits per heavy atom. The first-order chi connectivity index (χ1) is 16.7. The van der Waals surface area contributed by atoms with Crippen molar-refractivity contribution in [2.24, 2.45) is 4.99 Å². The van der Waals surface area contributed by atoms with Crippen LogP contribution in [0, 0.1) is 13.8 Å². The van der Waals surface area contributed by atoms with E-state index >= 15 is 0 Å². The summed E-state index contributed by atoms with van der Waals surface area (Å²) >= 11 is 0. The van der Waals surface area contributed by atoms with Crippen molar-refractivity contribution in [1.82, 2.24) is 0 Å². The van der Waals surface area contributed by atoms with Crippen LogP contribution in [0.5, 0.6) is 0 Å². The van der Waals surface area contributed by atoms with Gasteiger partial charge >= 0.3 is 5.97 Å². The number of carboxylic acid groups (broad SMARTS) is 1. The first kappa shape index (κ1) is 23.8. The molecule has 1 heterocycles. The standard InChI is InChI=1S/C28H27N3O4/c1-15-9-21(17(3)31-24-8-6-5-7-19(24)28(33)34)27-22(10-15)25(32)13-26(35-27)20-12-18(14-30-4)23(29)11-16(20)2/h5-14,17,31H,29H2,1-4H3,(H,33,34). The van der Waals surface area contributed by atoms with Crippen LogP contribution < -0.4 is 16.5 Å². The van der Waals surface area contributed by atoms with Crippen molar-refractivity contribution in [3.8, 4) is 11.3 Å². The summed E-state index contributed by atoms with van der Waals surface area (Å²) in [5.41, 5.74) is 11.7. The number of nitrogens with zero attached hydrogens (tertiary/aromatic N) is 1. The Balaban J connectivity index is 1.89. The van der Waals surface area contributed by atoms with Gasteiger partial charge in [-0.2, -0.15) is 0 Å². The van der Waals surface area contributed by atoms with Crippen molar-refractivity contribution >= 4 is 34.5 Å². The highest BCUT2D eigenvalue weighted by Gasteiger charge is 2.19. The molecular formula is C28H27N3O4. The van der Waals surface area contributed by atoms with Gasteiger partial charge in [0.25, 0.3) is 0 Å². The van der Waals surface area contributed by atoms with Gasteiger partial charge in [0.1, 0.15) is 11.3 Å². The number of hydrogen-bond acceptors (Lipinski definition) is 6. The predicted molar refractivity (Wildman–Crippen MR) is 141 cm³/mol. The summed E-state index contributed by atoms with van der Waals surface area (Å²) in [6.07, 6.45) is 1.66. The number of aliphatic imine (C=N–C) groups is 1. The summed E-state index contributed by atoms with van der Waals surface area (Å²) in [5.74, 6) is -0.595. The number of anilines is 2. The van der Waals surface area contributed by atoms with Gasteiger partial charge in [-0.3, -0.25) is 9.79 Å². The lowest BCUT2D eigenvalue weighted by Gasteiger charge is -2.19. The predicted octanol–water partition coefficient (Wildman–Crippen LogP) is 5.58. The van der Waals surface area contributed by atoms with E-state index in [1.54, 1.807) is 43.6 Å². The lowest BCUT2D eigenvalue weighted by Crippen LogP contribution is -2.12. The maximum Gasteiger partial charge on any atom is 0.337 e. The summed E-state index contributed by atoms with van der Waals surface area (Å²) in [7, 11) is 1.67. The van der Waals surface area contributed by atoms with Crippen LogP contribution in [0.25, 0.3) is 22.3 Å². The van der Waals surface area contributed by atoms with Crippen LogP contribution in [0.3, 0.4) is 0 Å². The molecule has 0 saturated carbocycles. The molecule has 4 rings (SSSR count). The van der Waals surface area contributed by atoms with Gasteiger partial charge in [-0.25, -0.2) is 4.79 Å². The Morgan fingerprint density at radius 1 is 1.14 bits per heavy atom. The molecule has 35 heavy (non-hydrogen) atoms. The normalized spacial score (nSPS) is 12.2. The molecule has 0 radical (unpaired) electrons. The molecule has 7 nitrogen and oxygen atoms in total. The summed E-state index contributed by atoms with van der Waals surface area (Å²) in [6.45, 7) is 5.73. The molecule has 0 saturated heterocycles. The number of nitrogens with two attached hydrogens (primary N) is 1. The molecule has 4 N–H and O–H groups in total. The third kappa shape index (κ3) is 4.66. The van der Waals surface area contributed by atoms with Crippen LogP contribution >= 0.6 is 0 Å². The second-order valence-corrected chi connectivity index (χ2v) is 8.61. The van der Waals surface area contributed by atoms with Gasteiger partial charge < -0.3 is 20.6 Å². The van der Waals surface area contributed by atoms with Gasteiger partial charge in [0, 0.05) is 47.4 Å². The number of benzene rings is 3. The average molecular weight is 470 g/mol. The van der Waals surface area contributed by atoms with Crippen LogP contribution in [-0.4, -0.2) is 24.3 Å². The van der Waals surface area contributed by atoms with Gasteiger partial charge in [-0.05, 0) is 62.2 Å². The van der Waals surface area contributed by atoms with Gasteiger partial charge in [0.05, 0.1) is 17.0 Å². The van der Waals surface area contributed by atoms with Crippen molar-refractivity contribution in [3.05, 3.63) is 92.6 Å². The fourth-order valence-electron chi connectivity index (χ4n) is 4.26. The van der Waals surface area contributed by atoms with E-state index in [0.29, 0.717) is 28.1 Å². The Kier molecular flexibility index (Phi) is 6.42. The van der Waals surface area contributed by atoms with E-state index in [1.807, 2.05) is 39.0 Å². The number of nitrogen functional groups attached to an aromatic ring is 1. The van der Waals surface area contributed by atoms with Gasteiger partial charge in [-0.1, -0.05) is 18.2 Å². The number of aromatic carboxylic acids is 1. The van der Waals surface area contributed by atoms with Crippen LogP contribution in [-0.2, 0) is 0 Å². The molecule has 0 aliphatic heterocycles. The van der Waals surface area contributed by atoms with E-state index in [0.717, 1.165) is 27.8 Å². The van der Waals surface area contributed by atoms with Crippen LogP contribution in [0.15, 0.2) is 68.8 Å². The second kappa shape index (κ2) is 9.46. The van der Waals surface area contributed by atoms with E-state index in [2.05, 4.69) is 10.3 Å². The number of nitrogens with one attached hydrogen (secondary N) is 1. The first-order valence-corrected chi connectivity index (χ1v) is 11.2. The highest BCUT2D eigenvalue weighted by molar-refractivity contribution is 5.94. The van der Waals surface area contributed by atoms with Gasteiger partial charge in [0.2, 0.25) is 0 Å². The van der Waals surface area contributed by atoms with Crippen LogP contribution in [0.1, 0.15) is 45.6 Å². The Hall–Kier alpha value is -4.39. The summed E-state index contributed by atoms with van der Waals surface area (Å²) < 4.78 is 6.36. The zero-order valence-electron chi connectivity index (χ0n) is 20.0. The third-order valence-electron chi connectivity index (χ3n) is 5.96. The Morgan fingerprint density at radius 3 is 2.60 bits per heavy atom. The van der Waals surface area contributed by atoms with Crippen molar-refractivity contribution in [1.29, 1.82) is 0 Å². The largest absolute Gasteiger partial charge is 0.478 e. The molecule has 0 amide bonds. The monoisotopic (exact) mass is 469 g/mol. The van der Waals surface area contributed by atoms with E-state index in [-0.39, 0.29) is 17.0 Å². The molecule has 0 aliphatic rings. The number of hydrogen-bond donors (Lipinski definition) is 3. The minimum absolute atomic E-state index is 0.161. The summed E-state index contributed by atoms with van der Waals surface area (Å²) in [5, 5.41) is 13.3. The highest BCUT2D eigenvalue weighted by Crippen LogP contribution is 2.33. The van der Waals surface area contributed by atoms with Crippen LogP contribution in [0.4, 0.5) is 11.4 Å². The second-order valence-electron chi connectivity index (χ2n) is 8.61. The first-order valence-electron chi connectivity index (χ1n) is 11.2. The van der Waals surface area contributed by atoms with Gasteiger partial charge in [0.15, 0.2) is 5.43 Å². The average Bonchev–Trinajstić information content (AvgIpc) is 2.81. The smallest absolute Gasteiger partial charge is 0.337 e. The molecule has 1 aromatic heterocycles. The van der Waals surface area contributed by atoms with E-state index in [4.69, 9.17) is 10.2 Å². The maximum absolute atomic E-state index is 13.2. The molecular weight excluding hydrogens is 442 g/mol. The molecule has 1 atom stereocenters. The van der Waals surface area contributed by atoms with Crippen LogP contribution in [0.2, 0.25) is 0 Å². The number of carboxylic acids is 1. The molecule has 0 aliphatic carbocycles. The zero-order chi connectivity index (χ0) is 25.3. The molecule has 3 aromatic carbocycles. The fourth-order valence-corrected chi connectivity index (χ4v) is 4.26. The fraction of sp³-hybridized carbons (Fsp3) is 0.179. The van der Waals surface area contributed by atoms with E-state index < -0.39 is 5.97 Å². The number of para-hydroxylation sites is 1. The molecule has 4 aromatic rings. The topological polar surface area (TPSA) is 118 Å². The van der Waals surface area contributed by atoms with Crippen molar-refractivity contribution < 1.29 is 14.3 Å². The Labute approximate surface area is 202 Å². The SMILES string of the molecule is CN=Cc1cc(-c2cc(=O)c3cc(C)cc(C(C)Nc4ccccc4C(=O)O)c3o2)c(C)cc1N. The quantitative estimate of drug-likeness (QED) is 0.251. The molecule has 0 spiro atoms. The highest BCUT2D eigenvalue weighted by atomic mass is 16.4. The zero-order valence-corrected chi connectivity index (χ0v) is 20.0. The minimum Gasteiger partial charge on any atom is -0.478 e. The lowest BCUT2D eigenvalue weighted by molar-refractivity contribution is 0.0698. The maximum atomic E-state index is 13.2. The van der Waals surface area contributed by atoms with E-state index in [1.165, 1.54) is 6.07 Å². The number of aryl methyl sites for hydroxylation is 2. The minimum atomic E-state index is -1.02. The number of carbonyl (C=O) groups is 1. The summed E-state index contributed by atoms with van der Waals surface area (Å²) in [4.78, 5) is 28.9. The number of fused-ring (bicyclic) bond motifs is 1. The Bertz CT molecular complexity index is 1540. The van der Waals surface area contributed by atoms with Crippen molar-refractivity contribution in [2.45, 2.75) is 26.8 Å². The van der Waals surface area contributed by atoms with E-state index in [9.17, 15) is 14.7 Å². The summed E-state index contributed by atoms with van der Waals surface area (Å²) in [6, 6.07) is 15.3. The molecule has 178 valence electrons. The van der Waals surface area contributed by atoms with Gasteiger partial charge in [-0.15, -0.1) is 0 Å².